The van der Waals surface area contributed by atoms with Gasteiger partial charge in [-0.3, -0.25) is 4.79 Å². The van der Waals surface area contributed by atoms with E-state index in [1.54, 1.807) is 0 Å². The summed E-state index contributed by atoms with van der Waals surface area (Å²) in [4.78, 5) is 10.3. The van der Waals surface area contributed by atoms with E-state index in [1.807, 2.05) is 0 Å². The van der Waals surface area contributed by atoms with Gasteiger partial charge in [0.25, 0.3) is 0 Å². The number of aliphatic carboxylic acids is 1. The van der Waals surface area contributed by atoms with E-state index in [9.17, 15) is 4.79 Å². The standard InChI is InChI=1S/C14H27NO3/c16-14(17)9-5-2-6-10-15-11-12-18-13-7-3-1-4-8-13/h13,15H,1-12H2,(H,16,17). The maximum Gasteiger partial charge on any atom is 0.303 e. The maximum absolute atomic E-state index is 10.3. The minimum atomic E-state index is -0.691. The lowest BCUT2D eigenvalue weighted by Crippen LogP contribution is -2.25. The van der Waals surface area contributed by atoms with E-state index in [-0.39, 0.29) is 0 Å². The molecule has 4 nitrogen and oxygen atoms in total. The first-order valence-electron chi connectivity index (χ1n) is 7.33. The molecule has 0 radical (unpaired) electrons. The molecule has 0 saturated heterocycles. The first-order chi connectivity index (χ1) is 8.79. The number of carboxylic acid groups (broad SMARTS) is 1. The molecule has 1 saturated carbocycles. The van der Waals surface area contributed by atoms with Crippen molar-refractivity contribution in [2.45, 2.75) is 63.9 Å². The van der Waals surface area contributed by atoms with Crippen LogP contribution in [-0.4, -0.2) is 36.9 Å². The predicted octanol–water partition coefficient (Wildman–Crippen LogP) is 2.57. The Labute approximate surface area is 110 Å². The first kappa shape index (κ1) is 15.4. The fourth-order valence-corrected chi connectivity index (χ4v) is 2.36. The number of carbonyl (C=O) groups is 1. The van der Waals surface area contributed by atoms with Crippen LogP contribution in [0, 0.1) is 0 Å². The summed E-state index contributed by atoms with van der Waals surface area (Å²) in [6.45, 7) is 2.68. The molecule has 4 heteroatoms. The monoisotopic (exact) mass is 257 g/mol. The van der Waals surface area contributed by atoms with E-state index in [4.69, 9.17) is 9.84 Å². The zero-order chi connectivity index (χ0) is 13.1. The summed E-state index contributed by atoms with van der Waals surface area (Å²) in [6.07, 6.45) is 10.1. The molecule has 1 fully saturated rings. The number of nitrogens with one attached hydrogen (secondary N) is 1. The zero-order valence-corrected chi connectivity index (χ0v) is 11.3. The lowest BCUT2D eigenvalue weighted by atomic mass is 9.98. The van der Waals surface area contributed by atoms with E-state index >= 15 is 0 Å². The third-order valence-corrected chi connectivity index (χ3v) is 3.43. The van der Waals surface area contributed by atoms with Crippen LogP contribution in [0.2, 0.25) is 0 Å². The van der Waals surface area contributed by atoms with Crippen LogP contribution in [0.5, 0.6) is 0 Å². The summed E-state index contributed by atoms with van der Waals surface area (Å²) >= 11 is 0. The van der Waals surface area contributed by atoms with Gasteiger partial charge >= 0.3 is 5.97 Å². The number of rotatable bonds is 10. The van der Waals surface area contributed by atoms with Crippen LogP contribution >= 0.6 is 0 Å². The van der Waals surface area contributed by atoms with Gasteiger partial charge in [0.15, 0.2) is 0 Å². The smallest absolute Gasteiger partial charge is 0.303 e. The molecule has 0 bridgehead atoms. The summed E-state index contributed by atoms with van der Waals surface area (Å²) in [5.41, 5.74) is 0. The zero-order valence-electron chi connectivity index (χ0n) is 11.3. The molecule has 1 aliphatic rings. The van der Waals surface area contributed by atoms with Gasteiger partial charge in [-0.2, -0.15) is 0 Å². The third kappa shape index (κ3) is 8.48. The molecule has 1 aliphatic carbocycles. The summed E-state index contributed by atoms with van der Waals surface area (Å²) < 4.78 is 5.80. The van der Waals surface area contributed by atoms with Gasteiger partial charge in [-0.05, 0) is 32.2 Å². The van der Waals surface area contributed by atoms with E-state index in [0.717, 1.165) is 39.0 Å². The number of unbranched alkanes of at least 4 members (excludes halogenated alkanes) is 2. The summed E-state index contributed by atoms with van der Waals surface area (Å²) in [5.74, 6) is -0.691. The normalized spacial score (nSPS) is 16.9. The van der Waals surface area contributed by atoms with Gasteiger partial charge in [-0.25, -0.2) is 0 Å². The second-order valence-electron chi connectivity index (χ2n) is 5.09. The van der Waals surface area contributed by atoms with E-state index in [0.29, 0.717) is 12.5 Å². The van der Waals surface area contributed by atoms with Crippen LogP contribution in [0.15, 0.2) is 0 Å². The first-order valence-corrected chi connectivity index (χ1v) is 7.33. The summed E-state index contributed by atoms with van der Waals surface area (Å²) in [5, 5.41) is 11.8. The molecule has 2 N–H and O–H groups in total. The molecule has 0 aliphatic heterocycles. The van der Waals surface area contributed by atoms with Gasteiger partial charge in [0.2, 0.25) is 0 Å². The Morgan fingerprint density at radius 3 is 2.61 bits per heavy atom. The van der Waals surface area contributed by atoms with Crippen molar-refractivity contribution in [3.8, 4) is 0 Å². The molecular weight excluding hydrogens is 230 g/mol. The van der Waals surface area contributed by atoms with Crippen molar-refractivity contribution < 1.29 is 14.6 Å². The molecule has 1 rings (SSSR count). The van der Waals surface area contributed by atoms with Crippen molar-refractivity contribution in [2.75, 3.05) is 19.7 Å². The van der Waals surface area contributed by atoms with Crippen molar-refractivity contribution in [3.63, 3.8) is 0 Å². The Morgan fingerprint density at radius 1 is 1.11 bits per heavy atom. The largest absolute Gasteiger partial charge is 0.481 e. The third-order valence-electron chi connectivity index (χ3n) is 3.43. The molecule has 0 unspecified atom stereocenters. The van der Waals surface area contributed by atoms with Crippen LogP contribution < -0.4 is 5.32 Å². The van der Waals surface area contributed by atoms with E-state index in [1.165, 1.54) is 32.1 Å². The highest BCUT2D eigenvalue weighted by molar-refractivity contribution is 5.66. The van der Waals surface area contributed by atoms with Crippen molar-refractivity contribution in [2.24, 2.45) is 0 Å². The highest BCUT2D eigenvalue weighted by atomic mass is 16.5. The molecule has 0 amide bonds. The fourth-order valence-electron chi connectivity index (χ4n) is 2.36. The second kappa shape index (κ2) is 10.3. The average Bonchev–Trinajstić information content (AvgIpc) is 2.37. The van der Waals surface area contributed by atoms with Gasteiger partial charge in [-0.1, -0.05) is 25.7 Å². The average molecular weight is 257 g/mol. The minimum absolute atomic E-state index is 0.296. The van der Waals surface area contributed by atoms with Crippen molar-refractivity contribution >= 4 is 5.97 Å². The Hall–Kier alpha value is -0.610. The van der Waals surface area contributed by atoms with Crippen LogP contribution in [-0.2, 0) is 9.53 Å². The molecule has 106 valence electrons. The fraction of sp³-hybridized carbons (Fsp3) is 0.929. The maximum atomic E-state index is 10.3. The number of ether oxygens (including phenoxy) is 1. The Morgan fingerprint density at radius 2 is 1.89 bits per heavy atom. The quantitative estimate of drug-likeness (QED) is 0.591. The van der Waals surface area contributed by atoms with Gasteiger partial charge in [0, 0.05) is 13.0 Å². The molecule has 0 aromatic heterocycles. The minimum Gasteiger partial charge on any atom is -0.481 e. The molecule has 0 spiro atoms. The van der Waals surface area contributed by atoms with Crippen LogP contribution in [0.3, 0.4) is 0 Å². The Bertz CT molecular complexity index is 215. The molecule has 0 aromatic rings. The molecule has 0 heterocycles. The van der Waals surface area contributed by atoms with Crippen molar-refractivity contribution in [3.05, 3.63) is 0 Å². The highest BCUT2D eigenvalue weighted by Gasteiger charge is 2.12. The molecule has 18 heavy (non-hydrogen) atoms. The van der Waals surface area contributed by atoms with Crippen LogP contribution in [0.1, 0.15) is 57.8 Å². The van der Waals surface area contributed by atoms with Gasteiger partial charge in [0.1, 0.15) is 0 Å². The summed E-state index contributed by atoms with van der Waals surface area (Å²) in [6, 6.07) is 0. The van der Waals surface area contributed by atoms with Crippen LogP contribution in [0.25, 0.3) is 0 Å². The summed E-state index contributed by atoms with van der Waals surface area (Å²) in [7, 11) is 0. The lowest BCUT2D eigenvalue weighted by Gasteiger charge is -2.22. The second-order valence-corrected chi connectivity index (χ2v) is 5.09. The lowest BCUT2D eigenvalue weighted by molar-refractivity contribution is -0.137. The molecular formula is C14H27NO3. The highest BCUT2D eigenvalue weighted by Crippen LogP contribution is 2.19. The topological polar surface area (TPSA) is 58.6 Å². The Balaban J connectivity index is 1.76. The number of hydrogen-bond acceptors (Lipinski definition) is 3. The van der Waals surface area contributed by atoms with E-state index in [2.05, 4.69) is 5.32 Å². The number of carboxylic acids is 1. The van der Waals surface area contributed by atoms with Gasteiger partial charge in [0.05, 0.1) is 12.7 Å². The molecule has 0 atom stereocenters. The molecule has 0 aromatic carbocycles. The predicted molar refractivity (Wildman–Crippen MR) is 71.8 cm³/mol. The van der Waals surface area contributed by atoms with Gasteiger partial charge in [-0.15, -0.1) is 0 Å². The SMILES string of the molecule is O=C(O)CCCCCNCCOC1CCCCC1. The van der Waals surface area contributed by atoms with Crippen LogP contribution in [0.4, 0.5) is 0 Å². The van der Waals surface area contributed by atoms with Gasteiger partial charge < -0.3 is 15.2 Å². The van der Waals surface area contributed by atoms with Crippen molar-refractivity contribution in [1.82, 2.24) is 5.32 Å². The van der Waals surface area contributed by atoms with E-state index < -0.39 is 5.97 Å². The number of hydrogen-bond donors (Lipinski definition) is 2. The Kier molecular flexibility index (Phi) is 8.86. The van der Waals surface area contributed by atoms with Crippen molar-refractivity contribution in [1.29, 1.82) is 0 Å².